The van der Waals surface area contributed by atoms with Crippen LogP contribution in [0.3, 0.4) is 0 Å². The van der Waals surface area contributed by atoms with Gasteiger partial charge in [0, 0.05) is 11.6 Å². The molecule has 3 rings (SSSR count). The molecular weight excluding hydrogens is 319 g/mol. The lowest BCUT2D eigenvalue weighted by Gasteiger charge is -2.36. The SMILES string of the molecule is CCOc1ccc(NC(=O)C2(c3ccccc3F)CCCCC2)cn1. The predicted molar refractivity (Wildman–Crippen MR) is 95.2 cm³/mol. The molecule has 0 spiro atoms. The van der Waals surface area contributed by atoms with Crippen molar-refractivity contribution in [1.29, 1.82) is 0 Å². The number of carbonyl (C=O) groups excluding carboxylic acids is 1. The van der Waals surface area contributed by atoms with Crippen LogP contribution in [-0.4, -0.2) is 17.5 Å². The van der Waals surface area contributed by atoms with Gasteiger partial charge >= 0.3 is 0 Å². The highest BCUT2D eigenvalue weighted by molar-refractivity contribution is 5.99. The summed E-state index contributed by atoms with van der Waals surface area (Å²) in [5.41, 5.74) is 0.267. The van der Waals surface area contributed by atoms with Gasteiger partial charge in [0.25, 0.3) is 0 Å². The average Bonchev–Trinajstić information content (AvgIpc) is 2.64. The lowest BCUT2D eigenvalue weighted by atomic mass is 9.68. The van der Waals surface area contributed by atoms with E-state index in [0.717, 1.165) is 19.3 Å². The number of benzene rings is 1. The van der Waals surface area contributed by atoms with Gasteiger partial charge < -0.3 is 10.1 Å². The summed E-state index contributed by atoms with van der Waals surface area (Å²) in [5, 5.41) is 2.92. The third-order valence-electron chi connectivity index (χ3n) is 4.82. The molecule has 0 bridgehead atoms. The van der Waals surface area contributed by atoms with E-state index in [2.05, 4.69) is 10.3 Å². The quantitative estimate of drug-likeness (QED) is 0.873. The van der Waals surface area contributed by atoms with Crippen LogP contribution in [0.15, 0.2) is 42.6 Å². The van der Waals surface area contributed by atoms with Crippen LogP contribution < -0.4 is 10.1 Å². The Morgan fingerprint density at radius 3 is 2.60 bits per heavy atom. The lowest BCUT2D eigenvalue weighted by Crippen LogP contribution is -2.42. The van der Waals surface area contributed by atoms with Gasteiger partial charge in [-0.15, -0.1) is 0 Å². The van der Waals surface area contributed by atoms with Crippen molar-refractivity contribution in [3.63, 3.8) is 0 Å². The van der Waals surface area contributed by atoms with Gasteiger partial charge in [0.05, 0.1) is 23.9 Å². The summed E-state index contributed by atoms with van der Waals surface area (Å²) in [6, 6.07) is 10.1. The summed E-state index contributed by atoms with van der Waals surface area (Å²) in [4.78, 5) is 17.3. The molecule has 0 aliphatic heterocycles. The second-order valence-corrected chi connectivity index (χ2v) is 6.39. The van der Waals surface area contributed by atoms with Crippen LogP contribution in [0.1, 0.15) is 44.6 Å². The van der Waals surface area contributed by atoms with E-state index in [-0.39, 0.29) is 11.7 Å². The van der Waals surface area contributed by atoms with Crippen LogP contribution >= 0.6 is 0 Å². The van der Waals surface area contributed by atoms with Gasteiger partial charge in [-0.1, -0.05) is 37.5 Å². The topological polar surface area (TPSA) is 51.2 Å². The van der Waals surface area contributed by atoms with Crippen molar-refractivity contribution >= 4 is 11.6 Å². The normalized spacial score (nSPS) is 16.2. The number of nitrogens with one attached hydrogen (secondary N) is 1. The van der Waals surface area contributed by atoms with Crippen molar-refractivity contribution < 1.29 is 13.9 Å². The highest BCUT2D eigenvalue weighted by Gasteiger charge is 2.42. The number of ether oxygens (including phenoxy) is 1. The molecule has 1 N–H and O–H groups in total. The Kier molecular flexibility index (Phi) is 5.31. The standard InChI is InChI=1S/C20H23FN2O2/c1-2-25-18-11-10-15(14-22-18)23-19(24)20(12-6-3-7-13-20)16-8-4-5-9-17(16)21/h4-5,8-11,14H,2-3,6-7,12-13H2,1H3,(H,23,24). The van der Waals surface area contributed by atoms with Crippen LogP contribution in [0.5, 0.6) is 5.88 Å². The maximum atomic E-state index is 14.4. The van der Waals surface area contributed by atoms with E-state index in [0.29, 0.717) is 36.6 Å². The van der Waals surface area contributed by atoms with Crippen molar-refractivity contribution in [3.8, 4) is 5.88 Å². The molecule has 1 aromatic carbocycles. The van der Waals surface area contributed by atoms with Gasteiger partial charge in [0.2, 0.25) is 11.8 Å². The van der Waals surface area contributed by atoms with Gasteiger partial charge in [-0.25, -0.2) is 9.37 Å². The van der Waals surface area contributed by atoms with Crippen LogP contribution in [0, 0.1) is 5.82 Å². The molecule has 5 heteroatoms. The predicted octanol–water partition coefficient (Wildman–Crippen LogP) is 4.46. The Hall–Kier alpha value is -2.43. The number of anilines is 1. The summed E-state index contributed by atoms with van der Waals surface area (Å²) in [5.74, 6) is 0.0367. The first-order chi connectivity index (χ1) is 12.2. The first-order valence-electron chi connectivity index (χ1n) is 8.81. The van der Waals surface area contributed by atoms with E-state index in [1.807, 2.05) is 6.92 Å². The Morgan fingerprint density at radius 2 is 1.96 bits per heavy atom. The van der Waals surface area contributed by atoms with Gasteiger partial charge in [-0.3, -0.25) is 4.79 Å². The van der Waals surface area contributed by atoms with E-state index in [4.69, 9.17) is 4.74 Å². The smallest absolute Gasteiger partial charge is 0.235 e. The molecule has 4 nitrogen and oxygen atoms in total. The number of halogens is 1. The maximum absolute atomic E-state index is 14.4. The number of pyridine rings is 1. The molecule has 0 unspecified atom stereocenters. The van der Waals surface area contributed by atoms with Crippen molar-refractivity contribution in [2.75, 3.05) is 11.9 Å². The lowest BCUT2D eigenvalue weighted by molar-refractivity contribution is -0.122. The van der Waals surface area contributed by atoms with Crippen molar-refractivity contribution in [2.24, 2.45) is 0 Å². The summed E-state index contributed by atoms with van der Waals surface area (Å²) in [7, 11) is 0. The van der Waals surface area contributed by atoms with E-state index in [9.17, 15) is 9.18 Å². The largest absolute Gasteiger partial charge is 0.478 e. The fourth-order valence-electron chi connectivity index (χ4n) is 3.56. The Labute approximate surface area is 147 Å². The molecule has 1 amide bonds. The zero-order valence-corrected chi connectivity index (χ0v) is 14.4. The van der Waals surface area contributed by atoms with Crippen LogP contribution in [0.2, 0.25) is 0 Å². The van der Waals surface area contributed by atoms with Crippen molar-refractivity contribution in [2.45, 2.75) is 44.4 Å². The molecule has 1 saturated carbocycles. The Balaban J connectivity index is 1.86. The van der Waals surface area contributed by atoms with E-state index >= 15 is 0 Å². The van der Waals surface area contributed by atoms with Crippen molar-refractivity contribution in [1.82, 2.24) is 4.98 Å². The molecule has 1 aliphatic rings. The monoisotopic (exact) mass is 342 g/mol. The zero-order valence-electron chi connectivity index (χ0n) is 14.4. The fraction of sp³-hybridized carbons (Fsp3) is 0.400. The summed E-state index contributed by atoms with van der Waals surface area (Å²) in [6.45, 7) is 2.42. The second-order valence-electron chi connectivity index (χ2n) is 6.39. The Bertz CT molecular complexity index is 725. The summed E-state index contributed by atoms with van der Waals surface area (Å²) < 4.78 is 19.8. The minimum absolute atomic E-state index is 0.164. The van der Waals surface area contributed by atoms with E-state index < -0.39 is 5.41 Å². The van der Waals surface area contributed by atoms with Gasteiger partial charge in [-0.2, -0.15) is 0 Å². The van der Waals surface area contributed by atoms with Gasteiger partial charge in [-0.05, 0) is 31.9 Å². The molecule has 2 aromatic rings. The molecule has 25 heavy (non-hydrogen) atoms. The average molecular weight is 342 g/mol. The minimum Gasteiger partial charge on any atom is -0.478 e. The zero-order chi connectivity index (χ0) is 17.7. The van der Waals surface area contributed by atoms with Crippen LogP contribution in [-0.2, 0) is 10.2 Å². The van der Waals surface area contributed by atoms with Gasteiger partial charge in [0.15, 0.2) is 0 Å². The van der Waals surface area contributed by atoms with E-state index in [1.165, 1.54) is 6.07 Å². The highest BCUT2D eigenvalue weighted by Crippen LogP contribution is 2.41. The highest BCUT2D eigenvalue weighted by atomic mass is 19.1. The molecule has 0 atom stereocenters. The number of carbonyl (C=O) groups is 1. The van der Waals surface area contributed by atoms with Crippen LogP contribution in [0.4, 0.5) is 10.1 Å². The second kappa shape index (κ2) is 7.64. The first-order valence-corrected chi connectivity index (χ1v) is 8.81. The molecular formula is C20H23FN2O2. The summed E-state index contributed by atoms with van der Waals surface area (Å²) in [6.07, 6.45) is 5.80. The molecule has 0 saturated heterocycles. The maximum Gasteiger partial charge on any atom is 0.235 e. The molecule has 1 aromatic heterocycles. The van der Waals surface area contributed by atoms with Crippen LogP contribution in [0.25, 0.3) is 0 Å². The molecule has 1 fully saturated rings. The number of rotatable bonds is 5. The fourth-order valence-corrected chi connectivity index (χ4v) is 3.56. The molecule has 0 radical (unpaired) electrons. The third kappa shape index (κ3) is 3.65. The van der Waals surface area contributed by atoms with Gasteiger partial charge in [0.1, 0.15) is 5.82 Å². The Morgan fingerprint density at radius 1 is 1.20 bits per heavy atom. The number of amides is 1. The first kappa shape index (κ1) is 17.4. The molecule has 1 aliphatic carbocycles. The summed E-state index contributed by atoms with van der Waals surface area (Å²) >= 11 is 0. The number of aromatic nitrogens is 1. The van der Waals surface area contributed by atoms with E-state index in [1.54, 1.807) is 36.5 Å². The number of nitrogens with zero attached hydrogens (tertiary/aromatic N) is 1. The number of hydrogen-bond donors (Lipinski definition) is 1. The third-order valence-corrected chi connectivity index (χ3v) is 4.82. The molecule has 132 valence electrons. The number of hydrogen-bond acceptors (Lipinski definition) is 3. The van der Waals surface area contributed by atoms with Crippen molar-refractivity contribution in [3.05, 3.63) is 54.0 Å². The minimum atomic E-state index is -0.817. The molecule has 1 heterocycles.